The summed E-state index contributed by atoms with van der Waals surface area (Å²) in [6.07, 6.45) is 0.468. The van der Waals surface area contributed by atoms with Gasteiger partial charge in [-0.15, -0.1) is 0 Å². The van der Waals surface area contributed by atoms with Gasteiger partial charge in [-0.05, 0) is 12.3 Å². The number of aliphatic hydroxyl groups is 1. The number of piperidine rings is 1. The Balaban J connectivity index is 2.28. The minimum Gasteiger partial charge on any atom is -0.393 e. The number of hydrogen-bond acceptors (Lipinski definition) is 4. The molecule has 1 heterocycles. The maximum Gasteiger partial charge on any atom is 0.235 e. The Kier molecular flexibility index (Phi) is 4.53. The molecule has 2 atom stereocenters. The molecule has 1 amide bonds. The predicted octanol–water partition coefficient (Wildman–Crippen LogP) is -0.671. The average Bonchev–Trinajstić information content (AvgIpc) is 2.20. The van der Waals surface area contributed by atoms with Crippen LogP contribution >= 0.6 is 0 Å². The Bertz CT molecular complexity index is 262. The summed E-state index contributed by atoms with van der Waals surface area (Å²) < 4.78 is 0. The Hall–Kier alpha value is -1.12. The lowest BCUT2D eigenvalue weighted by Gasteiger charge is -2.33. The van der Waals surface area contributed by atoms with Gasteiger partial charge in [0.25, 0.3) is 0 Å². The molecule has 0 radical (unpaired) electrons. The van der Waals surface area contributed by atoms with Crippen LogP contribution in [0, 0.1) is 17.2 Å². The minimum absolute atomic E-state index is 0.0604. The fourth-order valence-electron chi connectivity index (χ4n) is 1.76. The van der Waals surface area contributed by atoms with Crippen LogP contribution in [-0.4, -0.2) is 48.2 Å². The number of nitrogens with one attached hydrogen (secondary N) is 1. The van der Waals surface area contributed by atoms with Gasteiger partial charge >= 0.3 is 0 Å². The molecule has 0 bridgehead atoms. The molecule has 0 aromatic carbocycles. The highest BCUT2D eigenvalue weighted by atomic mass is 16.3. The second-order valence-corrected chi connectivity index (χ2v) is 4.00. The number of amides is 1. The van der Waals surface area contributed by atoms with E-state index >= 15 is 0 Å². The molecule has 5 heteroatoms. The van der Waals surface area contributed by atoms with Crippen LogP contribution in [-0.2, 0) is 4.79 Å². The first-order chi connectivity index (χ1) is 7.13. The van der Waals surface area contributed by atoms with Crippen molar-refractivity contribution < 1.29 is 9.90 Å². The van der Waals surface area contributed by atoms with Crippen molar-refractivity contribution in [1.82, 2.24) is 10.2 Å². The second-order valence-electron chi connectivity index (χ2n) is 4.00. The number of likely N-dealkylation sites (tertiary alicyclic amines) is 1. The zero-order chi connectivity index (χ0) is 11.3. The third-order valence-corrected chi connectivity index (χ3v) is 2.68. The number of nitrogens with zero attached hydrogens (tertiary/aromatic N) is 2. The van der Waals surface area contributed by atoms with Gasteiger partial charge in [0.05, 0.1) is 18.7 Å². The van der Waals surface area contributed by atoms with Gasteiger partial charge in [0.15, 0.2) is 0 Å². The molecule has 0 aromatic heterocycles. The molecule has 15 heavy (non-hydrogen) atoms. The third-order valence-electron chi connectivity index (χ3n) is 2.68. The lowest BCUT2D eigenvalue weighted by atomic mass is 9.97. The lowest BCUT2D eigenvalue weighted by molar-refractivity contribution is -0.122. The van der Waals surface area contributed by atoms with E-state index in [2.05, 4.69) is 5.32 Å². The van der Waals surface area contributed by atoms with Crippen molar-refractivity contribution in [1.29, 1.82) is 5.26 Å². The molecule has 1 aliphatic heterocycles. The van der Waals surface area contributed by atoms with Crippen LogP contribution in [0.3, 0.4) is 0 Å². The lowest BCUT2D eigenvalue weighted by Crippen LogP contribution is -2.46. The fraction of sp³-hybridized carbons (Fsp3) is 0.800. The van der Waals surface area contributed by atoms with Crippen LogP contribution in [0.15, 0.2) is 0 Å². The molecule has 5 nitrogen and oxygen atoms in total. The molecule has 1 aliphatic rings. The monoisotopic (exact) mass is 211 g/mol. The fourth-order valence-corrected chi connectivity index (χ4v) is 1.76. The Morgan fingerprint density at radius 2 is 2.47 bits per heavy atom. The van der Waals surface area contributed by atoms with E-state index in [1.807, 2.05) is 17.9 Å². The van der Waals surface area contributed by atoms with Crippen molar-refractivity contribution in [2.75, 3.05) is 26.2 Å². The molecule has 0 aromatic rings. The summed E-state index contributed by atoms with van der Waals surface area (Å²) in [4.78, 5) is 13.3. The van der Waals surface area contributed by atoms with Gasteiger partial charge in [-0.3, -0.25) is 9.69 Å². The molecule has 1 saturated heterocycles. The summed E-state index contributed by atoms with van der Waals surface area (Å²) in [5.74, 6) is 0.0858. The number of hydrogen-bond donors (Lipinski definition) is 2. The first-order valence-electron chi connectivity index (χ1n) is 5.17. The molecule has 0 spiro atoms. The largest absolute Gasteiger partial charge is 0.393 e. The van der Waals surface area contributed by atoms with E-state index in [9.17, 15) is 9.90 Å². The maximum atomic E-state index is 11.3. The standard InChI is InChI=1S/C10H17N3O2/c1-8-6-13(5-2-9(8)14)7-10(15)12-4-3-11/h8-9,14H,2,4-7H2,1H3,(H,12,15). The second kappa shape index (κ2) is 5.69. The molecule has 84 valence electrons. The van der Waals surface area contributed by atoms with E-state index in [0.29, 0.717) is 13.0 Å². The average molecular weight is 211 g/mol. The first-order valence-corrected chi connectivity index (χ1v) is 5.17. The SMILES string of the molecule is CC1CN(CC(=O)NCC#N)CCC1O. The van der Waals surface area contributed by atoms with Crippen LogP contribution < -0.4 is 5.32 Å². The van der Waals surface area contributed by atoms with Gasteiger partial charge in [-0.1, -0.05) is 6.92 Å². The molecule has 2 unspecified atom stereocenters. The zero-order valence-corrected chi connectivity index (χ0v) is 8.94. The first kappa shape index (κ1) is 12.0. The summed E-state index contributed by atoms with van der Waals surface area (Å²) in [5.41, 5.74) is 0. The number of rotatable bonds is 3. The van der Waals surface area contributed by atoms with Crippen molar-refractivity contribution in [2.45, 2.75) is 19.4 Å². The Morgan fingerprint density at radius 1 is 1.73 bits per heavy atom. The van der Waals surface area contributed by atoms with Gasteiger partial charge in [0, 0.05) is 13.1 Å². The van der Waals surface area contributed by atoms with Gasteiger partial charge < -0.3 is 10.4 Å². The van der Waals surface area contributed by atoms with Gasteiger partial charge in [-0.2, -0.15) is 5.26 Å². The predicted molar refractivity (Wildman–Crippen MR) is 54.9 cm³/mol. The number of nitriles is 1. The van der Waals surface area contributed by atoms with Crippen LogP contribution in [0.1, 0.15) is 13.3 Å². The zero-order valence-electron chi connectivity index (χ0n) is 8.94. The maximum absolute atomic E-state index is 11.3. The minimum atomic E-state index is -0.247. The van der Waals surface area contributed by atoms with E-state index < -0.39 is 0 Å². The molecular formula is C10H17N3O2. The quantitative estimate of drug-likeness (QED) is 0.607. The highest BCUT2D eigenvalue weighted by Gasteiger charge is 2.24. The number of carbonyl (C=O) groups excluding carboxylic acids is 1. The molecular weight excluding hydrogens is 194 g/mol. The molecule has 1 fully saturated rings. The van der Waals surface area contributed by atoms with Crippen molar-refractivity contribution in [2.24, 2.45) is 5.92 Å². The highest BCUT2D eigenvalue weighted by molar-refractivity contribution is 5.78. The summed E-state index contributed by atoms with van der Waals surface area (Å²) in [7, 11) is 0. The van der Waals surface area contributed by atoms with Crippen molar-refractivity contribution in [3.8, 4) is 6.07 Å². The summed E-state index contributed by atoms with van der Waals surface area (Å²) >= 11 is 0. The van der Waals surface area contributed by atoms with Gasteiger partial charge in [0.1, 0.15) is 6.54 Å². The van der Waals surface area contributed by atoms with Crippen LogP contribution in [0.2, 0.25) is 0 Å². The van der Waals surface area contributed by atoms with Crippen molar-refractivity contribution >= 4 is 5.91 Å². The summed E-state index contributed by atoms with van der Waals surface area (Å²) in [6.45, 7) is 3.83. The number of carbonyl (C=O) groups is 1. The van der Waals surface area contributed by atoms with Gasteiger partial charge in [-0.25, -0.2) is 0 Å². The van der Waals surface area contributed by atoms with E-state index in [-0.39, 0.29) is 24.5 Å². The molecule has 1 rings (SSSR count). The Labute approximate surface area is 89.7 Å². The van der Waals surface area contributed by atoms with E-state index in [1.165, 1.54) is 0 Å². The van der Waals surface area contributed by atoms with Crippen molar-refractivity contribution in [3.05, 3.63) is 0 Å². The van der Waals surface area contributed by atoms with E-state index in [4.69, 9.17) is 5.26 Å². The summed E-state index contributed by atoms with van der Waals surface area (Å²) in [6, 6.07) is 1.86. The van der Waals surface area contributed by atoms with Gasteiger partial charge in [0.2, 0.25) is 5.91 Å². The molecule has 0 aliphatic carbocycles. The van der Waals surface area contributed by atoms with Crippen LogP contribution in [0.25, 0.3) is 0 Å². The number of aliphatic hydroxyl groups excluding tert-OH is 1. The van der Waals surface area contributed by atoms with Crippen LogP contribution in [0.4, 0.5) is 0 Å². The highest BCUT2D eigenvalue weighted by Crippen LogP contribution is 2.15. The smallest absolute Gasteiger partial charge is 0.235 e. The van der Waals surface area contributed by atoms with E-state index in [0.717, 1.165) is 13.1 Å². The Morgan fingerprint density at radius 3 is 3.07 bits per heavy atom. The molecule has 2 N–H and O–H groups in total. The normalized spacial score (nSPS) is 27.0. The van der Waals surface area contributed by atoms with E-state index in [1.54, 1.807) is 0 Å². The van der Waals surface area contributed by atoms with Crippen molar-refractivity contribution in [3.63, 3.8) is 0 Å². The molecule has 0 saturated carbocycles. The summed E-state index contributed by atoms with van der Waals surface area (Å²) in [5, 5.41) is 20.3. The topological polar surface area (TPSA) is 76.4 Å². The third kappa shape index (κ3) is 3.86. The van der Waals surface area contributed by atoms with Crippen LogP contribution in [0.5, 0.6) is 0 Å².